The van der Waals surface area contributed by atoms with E-state index in [9.17, 15) is 5.11 Å². The molecule has 140 valence electrons. The topological polar surface area (TPSA) is 41.5 Å². The van der Waals surface area contributed by atoms with E-state index in [1.54, 1.807) is 0 Å². The van der Waals surface area contributed by atoms with Crippen LogP contribution in [-0.2, 0) is 13.2 Å². The molecule has 0 amide bonds. The maximum Gasteiger partial charge on any atom is 0.156 e. The van der Waals surface area contributed by atoms with E-state index in [0.29, 0.717) is 35.5 Å². The number of aliphatic hydroxyl groups excluding tert-OH is 1. The van der Waals surface area contributed by atoms with E-state index >= 15 is 0 Å². The van der Waals surface area contributed by atoms with Crippen molar-refractivity contribution < 1.29 is 9.84 Å². The molecule has 0 saturated heterocycles. The number of nitrogens with one attached hydrogen (secondary N) is 1. The van der Waals surface area contributed by atoms with Gasteiger partial charge in [0.25, 0.3) is 0 Å². The molecule has 5 heteroatoms. The highest BCUT2D eigenvalue weighted by Gasteiger charge is 2.11. The standard InChI is InChI=1S/C22H21Cl2NO2/c23-19-11-17(13-25-14-21(26)18-9-5-2-6-10-18)12-20(24)22(19)27-15-16-7-3-1-4-8-16/h1-12,21,25-26H,13-15H2/t21-/m0/s1. The van der Waals surface area contributed by atoms with Crippen LogP contribution in [-0.4, -0.2) is 11.7 Å². The molecule has 0 fully saturated rings. The molecule has 0 unspecified atom stereocenters. The van der Waals surface area contributed by atoms with E-state index in [4.69, 9.17) is 27.9 Å². The smallest absolute Gasteiger partial charge is 0.156 e. The summed E-state index contributed by atoms with van der Waals surface area (Å²) in [6.45, 7) is 1.38. The normalized spacial score (nSPS) is 12.0. The fourth-order valence-corrected chi connectivity index (χ4v) is 3.37. The molecule has 0 aromatic heterocycles. The fourth-order valence-electron chi connectivity index (χ4n) is 2.73. The third kappa shape index (κ3) is 5.72. The summed E-state index contributed by atoms with van der Waals surface area (Å²) in [5.74, 6) is 0.482. The molecule has 0 aliphatic heterocycles. The first-order valence-corrected chi connectivity index (χ1v) is 9.47. The second kappa shape index (κ2) is 9.77. The molecule has 27 heavy (non-hydrogen) atoms. The minimum Gasteiger partial charge on any atom is -0.486 e. The van der Waals surface area contributed by atoms with Gasteiger partial charge in [-0.15, -0.1) is 0 Å². The number of halogens is 2. The number of hydrogen-bond acceptors (Lipinski definition) is 3. The van der Waals surface area contributed by atoms with Crippen LogP contribution in [0.1, 0.15) is 22.8 Å². The molecule has 0 heterocycles. The van der Waals surface area contributed by atoms with Gasteiger partial charge in [-0.2, -0.15) is 0 Å². The summed E-state index contributed by atoms with van der Waals surface area (Å²) in [6, 6.07) is 23.0. The average molecular weight is 402 g/mol. The molecule has 3 aromatic rings. The minimum atomic E-state index is -0.564. The number of aliphatic hydroxyl groups is 1. The van der Waals surface area contributed by atoms with Crippen LogP contribution in [0.3, 0.4) is 0 Å². The van der Waals surface area contributed by atoms with Gasteiger partial charge in [-0.1, -0.05) is 83.9 Å². The summed E-state index contributed by atoms with van der Waals surface area (Å²) in [4.78, 5) is 0. The number of ether oxygens (including phenoxy) is 1. The first-order valence-electron chi connectivity index (χ1n) is 8.72. The first-order chi connectivity index (χ1) is 13.1. The monoisotopic (exact) mass is 401 g/mol. The summed E-state index contributed by atoms with van der Waals surface area (Å²) in [7, 11) is 0. The zero-order valence-corrected chi connectivity index (χ0v) is 16.3. The third-order valence-corrected chi connectivity index (χ3v) is 4.70. The predicted octanol–water partition coefficient (Wildman–Crippen LogP) is 5.40. The highest BCUT2D eigenvalue weighted by Crippen LogP contribution is 2.34. The summed E-state index contributed by atoms with van der Waals surface area (Å²) >= 11 is 12.7. The minimum absolute atomic E-state index is 0.404. The predicted molar refractivity (Wildman–Crippen MR) is 110 cm³/mol. The number of benzene rings is 3. The van der Waals surface area contributed by atoms with Crippen LogP contribution in [0.15, 0.2) is 72.8 Å². The highest BCUT2D eigenvalue weighted by molar-refractivity contribution is 6.37. The zero-order valence-electron chi connectivity index (χ0n) is 14.7. The lowest BCUT2D eigenvalue weighted by Gasteiger charge is -2.14. The van der Waals surface area contributed by atoms with E-state index in [0.717, 1.165) is 16.7 Å². The fraction of sp³-hybridized carbons (Fsp3) is 0.182. The third-order valence-electron chi connectivity index (χ3n) is 4.14. The lowest BCUT2D eigenvalue weighted by molar-refractivity contribution is 0.174. The van der Waals surface area contributed by atoms with Crippen molar-refractivity contribution in [2.45, 2.75) is 19.3 Å². The molecule has 3 nitrogen and oxygen atoms in total. The lowest BCUT2D eigenvalue weighted by atomic mass is 10.1. The van der Waals surface area contributed by atoms with Gasteiger partial charge in [0.1, 0.15) is 6.61 Å². The Labute approximate surface area is 169 Å². The molecule has 0 aliphatic rings. The van der Waals surface area contributed by atoms with Crippen molar-refractivity contribution in [1.82, 2.24) is 5.32 Å². The van der Waals surface area contributed by atoms with E-state index < -0.39 is 6.10 Å². The van der Waals surface area contributed by atoms with Crippen LogP contribution in [0.25, 0.3) is 0 Å². The molecule has 0 saturated carbocycles. The van der Waals surface area contributed by atoms with Crippen molar-refractivity contribution in [2.75, 3.05) is 6.54 Å². The Bertz CT molecular complexity index is 834. The molecule has 1 atom stereocenters. The van der Waals surface area contributed by atoms with Gasteiger partial charge in [-0.3, -0.25) is 0 Å². The van der Waals surface area contributed by atoms with E-state index in [-0.39, 0.29) is 0 Å². The van der Waals surface area contributed by atoms with Gasteiger partial charge in [0.15, 0.2) is 5.75 Å². The van der Waals surface area contributed by atoms with E-state index in [1.165, 1.54) is 0 Å². The Kier molecular flexibility index (Phi) is 7.13. The van der Waals surface area contributed by atoms with Crippen molar-refractivity contribution in [1.29, 1.82) is 0 Å². The Morgan fingerprint density at radius 2 is 1.44 bits per heavy atom. The maximum absolute atomic E-state index is 10.2. The molecular formula is C22H21Cl2NO2. The Balaban J connectivity index is 1.56. The van der Waals surface area contributed by atoms with Gasteiger partial charge in [0.2, 0.25) is 0 Å². The average Bonchev–Trinajstić information content (AvgIpc) is 2.69. The number of rotatable bonds is 8. The van der Waals surface area contributed by atoms with Gasteiger partial charge in [-0.05, 0) is 28.8 Å². The molecule has 0 spiro atoms. The van der Waals surface area contributed by atoms with Crippen molar-refractivity contribution in [3.8, 4) is 5.75 Å². The summed E-state index contributed by atoms with van der Waals surface area (Å²) in [6.07, 6.45) is -0.564. The zero-order chi connectivity index (χ0) is 19.1. The van der Waals surface area contributed by atoms with Gasteiger partial charge in [-0.25, -0.2) is 0 Å². The van der Waals surface area contributed by atoms with Crippen LogP contribution in [0, 0.1) is 0 Å². The van der Waals surface area contributed by atoms with Crippen molar-refractivity contribution in [3.05, 3.63) is 99.5 Å². The summed E-state index contributed by atoms with van der Waals surface area (Å²) in [5.41, 5.74) is 2.85. The molecule has 0 radical (unpaired) electrons. The van der Waals surface area contributed by atoms with Crippen molar-refractivity contribution >= 4 is 23.2 Å². The summed E-state index contributed by atoms with van der Waals surface area (Å²) in [5, 5.41) is 14.4. The molecular weight excluding hydrogens is 381 g/mol. The second-order valence-corrected chi connectivity index (χ2v) is 7.03. The molecule has 0 aliphatic carbocycles. The second-order valence-electron chi connectivity index (χ2n) is 6.22. The Morgan fingerprint density at radius 1 is 0.852 bits per heavy atom. The Morgan fingerprint density at radius 3 is 2.07 bits per heavy atom. The van der Waals surface area contributed by atoms with Gasteiger partial charge < -0.3 is 15.2 Å². The quantitative estimate of drug-likeness (QED) is 0.531. The Hall–Kier alpha value is -2.04. The SMILES string of the molecule is O[C@@H](CNCc1cc(Cl)c(OCc2ccccc2)c(Cl)c1)c1ccccc1. The van der Waals surface area contributed by atoms with Gasteiger partial charge in [0, 0.05) is 13.1 Å². The van der Waals surface area contributed by atoms with Crippen LogP contribution >= 0.6 is 23.2 Å². The summed E-state index contributed by atoms with van der Waals surface area (Å²) < 4.78 is 5.78. The number of hydrogen-bond donors (Lipinski definition) is 2. The van der Waals surface area contributed by atoms with Crippen LogP contribution in [0.2, 0.25) is 10.0 Å². The highest BCUT2D eigenvalue weighted by atomic mass is 35.5. The molecule has 3 rings (SSSR count). The van der Waals surface area contributed by atoms with Gasteiger partial charge in [0.05, 0.1) is 16.1 Å². The largest absolute Gasteiger partial charge is 0.486 e. The van der Waals surface area contributed by atoms with E-state index in [1.807, 2.05) is 72.8 Å². The van der Waals surface area contributed by atoms with Crippen molar-refractivity contribution in [3.63, 3.8) is 0 Å². The molecule has 3 aromatic carbocycles. The van der Waals surface area contributed by atoms with Gasteiger partial charge >= 0.3 is 0 Å². The molecule has 2 N–H and O–H groups in total. The maximum atomic E-state index is 10.2. The van der Waals surface area contributed by atoms with Crippen molar-refractivity contribution in [2.24, 2.45) is 0 Å². The van der Waals surface area contributed by atoms with Crippen LogP contribution in [0.5, 0.6) is 5.75 Å². The lowest BCUT2D eigenvalue weighted by Crippen LogP contribution is -2.21. The van der Waals surface area contributed by atoms with Crippen LogP contribution in [0.4, 0.5) is 0 Å². The molecule has 0 bridgehead atoms. The van der Waals surface area contributed by atoms with E-state index in [2.05, 4.69) is 5.32 Å². The first kappa shape index (κ1) is 19.7. The van der Waals surface area contributed by atoms with Crippen LogP contribution < -0.4 is 10.1 Å².